The van der Waals surface area contributed by atoms with Crippen molar-refractivity contribution in [3.63, 3.8) is 0 Å². The number of aliphatic hydroxyl groups excluding tert-OH is 1. The molecule has 0 aromatic rings. The zero-order valence-corrected chi connectivity index (χ0v) is 13.8. The van der Waals surface area contributed by atoms with Crippen molar-refractivity contribution in [2.24, 2.45) is 11.3 Å². The lowest BCUT2D eigenvalue weighted by molar-refractivity contribution is -0.243. The van der Waals surface area contributed by atoms with Gasteiger partial charge in [-0.3, -0.25) is 0 Å². The van der Waals surface area contributed by atoms with Crippen molar-refractivity contribution in [1.29, 1.82) is 0 Å². The van der Waals surface area contributed by atoms with Crippen LogP contribution in [-0.2, 0) is 9.53 Å². The van der Waals surface area contributed by atoms with Gasteiger partial charge in [0.25, 0.3) is 0 Å². The maximum absolute atomic E-state index is 12.5. The van der Waals surface area contributed by atoms with Crippen LogP contribution in [0.4, 0.5) is 0 Å². The lowest BCUT2D eigenvalue weighted by Gasteiger charge is -2.57. The largest absolute Gasteiger partial charge is 0.453 e. The first-order valence-corrected chi connectivity index (χ1v) is 8.38. The zero-order valence-electron chi connectivity index (χ0n) is 13.8. The minimum Gasteiger partial charge on any atom is -0.453 e. The smallest absolute Gasteiger partial charge is 0.339 e. The Labute approximate surface area is 132 Å². The summed E-state index contributed by atoms with van der Waals surface area (Å²) in [5.74, 6) is -0.288. The molecule has 3 rings (SSSR count). The molecule has 0 aromatic heterocycles. The third-order valence-corrected chi connectivity index (χ3v) is 6.05. The number of hydrogen-bond donors (Lipinski definition) is 2. The molecule has 0 saturated carbocycles. The van der Waals surface area contributed by atoms with Gasteiger partial charge in [0.1, 0.15) is 6.10 Å². The Kier molecular flexibility index (Phi) is 3.44. The van der Waals surface area contributed by atoms with Crippen LogP contribution in [-0.4, -0.2) is 28.3 Å². The standard InChI is InChI=1S/C18H27NO3/c1-5-9-13-12(2)19-18(15(21)22-17(13,18)4)14(20)16(3)10-7-6-8-11-16/h7,10,13-14,19-20H,2,5-6,8-9,11H2,1,3-4H3/t13-,14-,16+,17-,18-/m0/s1. The van der Waals surface area contributed by atoms with E-state index in [0.717, 1.165) is 37.8 Å². The summed E-state index contributed by atoms with van der Waals surface area (Å²) in [5, 5.41) is 14.5. The molecular weight excluding hydrogens is 278 g/mol. The van der Waals surface area contributed by atoms with E-state index in [0.29, 0.717) is 0 Å². The number of nitrogens with one attached hydrogen (secondary N) is 1. The number of rotatable bonds is 4. The van der Waals surface area contributed by atoms with E-state index in [-0.39, 0.29) is 11.9 Å². The molecule has 1 aliphatic carbocycles. The van der Waals surface area contributed by atoms with Crippen molar-refractivity contribution in [3.05, 3.63) is 24.4 Å². The molecule has 2 saturated heterocycles. The van der Waals surface area contributed by atoms with E-state index in [4.69, 9.17) is 4.74 Å². The molecule has 0 spiro atoms. The van der Waals surface area contributed by atoms with Crippen LogP contribution in [0.15, 0.2) is 24.4 Å². The van der Waals surface area contributed by atoms with Gasteiger partial charge < -0.3 is 15.2 Å². The lowest BCUT2D eigenvalue weighted by Crippen LogP contribution is -2.81. The maximum atomic E-state index is 12.5. The highest BCUT2D eigenvalue weighted by atomic mass is 16.6. The van der Waals surface area contributed by atoms with Crippen LogP contribution in [0.2, 0.25) is 0 Å². The van der Waals surface area contributed by atoms with Gasteiger partial charge in [-0.05, 0) is 32.6 Å². The molecule has 3 aliphatic rings. The predicted octanol–water partition coefficient (Wildman–Crippen LogP) is 2.68. The average Bonchev–Trinajstić information content (AvgIpc) is 2.65. The van der Waals surface area contributed by atoms with Gasteiger partial charge >= 0.3 is 5.97 Å². The summed E-state index contributed by atoms with van der Waals surface area (Å²) >= 11 is 0. The Morgan fingerprint density at radius 3 is 2.82 bits per heavy atom. The predicted molar refractivity (Wildman–Crippen MR) is 85.0 cm³/mol. The molecule has 0 aromatic carbocycles. The maximum Gasteiger partial charge on any atom is 0.339 e. The van der Waals surface area contributed by atoms with Crippen LogP contribution in [0.1, 0.15) is 52.9 Å². The molecular formula is C18H27NO3. The molecule has 22 heavy (non-hydrogen) atoms. The van der Waals surface area contributed by atoms with Crippen LogP contribution in [0.5, 0.6) is 0 Å². The van der Waals surface area contributed by atoms with Crippen molar-refractivity contribution in [3.8, 4) is 0 Å². The van der Waals surface area contributed by atoms with E-state index < -0.39 is 22.7 Å². The summed E-state index contributed by atoms with van der Waals surface area (Å²) in [6.45, 7) is 10.2. The van der Waals surface area contributed by atoms with Gasteiger partial charge in [-0.15, -0.1) is 0 Å². The van der Waals surface area contributed by atoms with Gasteiger partial charge in [0.05, 0.1) is 0 Å². The fourth-order valence-electron chi connectivity index (χ4n) is 4.65. The lowest BCUT2D eigenvalue weighted by atomic mass is 9.60. The van der Waals surface area contributed by atoms with Crippen molar-refractivity contribution in [2.45, 2.75) is 70.1 Å². The molecule has 122 valence electrons. The summed E-state index contributed by atoms with van der Waals surface area (Å²) in [6, 6.07) is 0. The number of hydrogen-bond acceptors (Lipinski definition) is 4. The minimum atomic E-state index is -1.06. The highest BCUT2D eigenvalue weighted by molar-refractivity contribution is 5.92. The molecule has 2 N–H and O–H groups in total. The van der Waals surface area contributed by atoms with Crippen molar-refractivity contribution in [2.75, 3.05) is 0 Å². The number of allylic oxidation sites excluding steroid dienone is 1. The first-order valence-electron chi connectivity index (χ1n) is 8.38. The molecule has 0 bridgehead atoms. The van der Waals surface area contributed by atoms with Crippen LogP contribution in [0.25, 0.3) is 0 Å². The van der Waals surface area contributed by atoms with Crippen molar-refractivity contribution < 1.29 is 14.6 Å². The number of aliphatic hydroxyl groups is 1. The van der Waals surface area contributed by atoms with Crippen LogP contribution in [0, 0.1) is 11.3 Å². The third-order valence-electron chi connectivity index (χ3n) is 6.05. The van der Waals surface area contributed by atoms with Gasteiger partial charge in [-0.2, -0.15) is 0 Å². The summed E-state index contributed by atoms with van der Waals surface area (Å²) in [7, 11) is 0. The molecule has 0 amide bonds. The van der Waals surface area contributed by atoms with E-state index in [1.165, 1.54) is 0 Å². The van der Waals surface area contributed by atoms with Crippen molar-refractivity contribution in [1.82, 2.24) is 5.32 Å². The van der Waals surface area contributed by atoms with Gasteiger partial charge in [-0.25, -0.2) is 4.79 Å². The van der Waals surface area contributed by atoms with E-state index in [9.17, 15) is 9.90 Å². The molecule has 2 aliphatic heterocycles. The Hall–Kier alpha value is -1.29. The molecule has 4 nitrogen and oxygen atoms in total. The van der Waals surface area contributed by atoms with Gasteiger partial charge in [-0.1, -0.05) is 39.0 Å². The number of carbonyl (C=O) groups excluding carboxylic acids is 1. The summed E-state index contributed by atoms with van der Waals surface area (Å²) in [4.78, 5) is 12.5. The van der Waals surface area contributed by atoms with Gasteiger partial charge in [0.2, 0.25) is 5.54 Å². The Morgan fingerprint density at radius 1 is 1.55 bits per heavy atom. The first kappa shape index (κ1) is 15.6. The van der Waals surface area contributed by atoms with Crippen molar-refractivity contribution >= 4 is 5.97 Å². The third kappa shape index (κ3) is 1.70. The molecule has 2 fully saturated rings. The minimum absolute atomic E-state index is 0.0565. The SMILES string of the molecule is C=C1N[C@@]2([C@@H](O)[C@]3(C)C=CCCC3)C(=O)O[C@@]2(C)[C@H]1CCC. The second-order valence-corrected chi connectivity index (χ2v) is 7.50. The molecule has 0 radical (unpaired) electrons. The summed E-state index contributed by atoms with van der Waals surface area (Å²) in [6.07, 6.45) is 8.20. The van der Waals surface area contributed by atoms with Crippen LogP contribution >= 0.6 is 0 Å². The second kappa shape index (κ2) is 4.85. The van der Waals surface area contributed by atoms with E-state index >= 15 is 0 Å². The molecule has 4 heteroatoms. The van der Waals surface area contributed by atoms with Crippen LogP contribution in [0.3, 0.4) is 0 Å². The van der Waals surface area contributed by atoms with E-state index in [1.807, 2.05) is 13.8 Å². The van der Waals surface area contributed by atoms with Crippen LogP contribution < -0.4 is 5.32 Å². The fourth-order valence-corrected chi connectivity index (χ4v) is 4.65. The van der Waals surface area contributed by atoms with E-state index in [2.05, 4.69) is 31.0 Å². The highest BCUT2D eigenvalue weighted by Crippen LogP contribution is 2.57. The van der Waals surface area contributed by atoms with Gasteiger partial charge in [0.15, 0.2) is 5.60 Å². The molecule has 0 unspecified atom stereocenters. The Morgan fingerprint density at radius 2 is 2.27 bits per heavy atom. The second-order valence-electron chi connectivity index (χ2n) is 7.50. The normalized spacial score (nSPS) is 44.8. The average molecular weight is 305 g/mol. The fraction of sp³-hybridized carbons (Fsp3) is 0.722. The number of esters is 1. The summed E-state index contributed by atoms with van der Waals surface area (Å²) in [5.41, 5.74) is -1.35. The summed E-state index contributed by atoms with van der Waals surface area (Å²) < 4.78 is 5.60. The number of ether oxygens (including phenoxy) is 1. The number of carbonyl (C=O) groups is 1. The van der Waals surface area contributed by atoms with E-state index in [1.54, 1.807) is 0 Å². The molecule has 2 heterocycles. The quantitative estimate of drug-likeness (QED) is 0.619. The Bertz CT molecular complexity index is 542. The highest BCUT2D eigenvalue weighted by Gasteiger charge is 2.78. The Balaban J connectivity index is 2.00. The monoisotopic (exact) mass is 305 g/mol. The topological polar surface area (TPSA) is 58.6 Å². The van der Waals surface area contributed by atoms with Gasteiger partial charge in [0, 0.05) is 17.0 Å². The number of fused-ring (bicyclic) bond motifs is 1. The first-order chi connectivity index (χ1) is 10.3. The zero-order chi connectivity index (χ0) is 16.2. The molecule has 5 atom stereocenters.